The summed E-state index contributed by atoms with van der Waals surface area (Å²) in [5, 5.41) is 0. The lowest BCUT2D eigenvalue weighted by Crippen LogP contribution is -2.34. The molecule has 0 saturated carbocycles. The number of rotatable bonds is 7. The summed E-state index contributed by atoms with van der Waals surface area (Å²) in [5.74, 6) is -0.670. The molecule has 1 aromatic carbocycles. The second kappa shape index (κ2) is 7.96. The summed E-state index contributed by atoms with van der Waals surface area (Å²) in [6.07, 6.45) is 1.64. The van der Waals surface area contributed by atoms with E-state index in [1.165, 1.54) is 23.5 Å². The number of carbonyl (C=O) groups excluding carboxylic acids is 1. The molecule has 6 heteroatoms. The lowest BCUT2D eigenvalue weighted by atomic mass is 10.3. The summed E-state index contributed by atoms with van der Waals surface area (Å²) in [7, 11) is 0. The van der Waals surface area contributed by atoms with Gasteiger partial charge in [0.1, 0.15) is 0 Å². The third-order valence-electron chi connectivity index (χ3n) is 2.87. The molecule has 3 nitrogen and oxygen atoms in total. The van der Waals surface area contributed by atoms with E-state index in [1.54, 1.807) is 29.2 Å². The van der Waals surface area contributed by atoms with Crippen LogP contribution in [0.25, 0.3) is 0 Å². The highest BCUT2D eigenvalue weighted by Crippen LogP contribution is 2.23. The first-order valence-electron chi connectivity index (χ1n) is 6.60. The van der Waals surface area contributed by atoms with E-state index in [9.17, 15) is 9.18 Å². The zero-order valence-electron chi connectivity index (χ0n) is 11.8. The maximum absolute atomic E-state index is 13.5. The Labute approximate surface area is 137 Å². The van der Waals surface area contributed by atoms with Crippen LogP contribution in [0.1, 0.15) is 4.88 Å². The van der Waals surface area contributed by atoms with E-state index in [-0.39, 0.29) is 18.3 Å². The van der Waals surface area contributed by atoms with Gasteiger partial charge in [-0.3, -0.25) is 4.79 Å². The lowest BCUT2D eigenvalue weighted by Gasteiger charge is -2.20. The van der Waals surface area contributed by atoms with Gasteiger partial charge in [-0.25, -0.2) is 4.39 Å². The monoisotopic (exact) mass is 339 g/mol. The van der Waals surface area contributed by atoms with Crippen molar-refractivity contribution >= 4 is 28.8 Å². The average molecular weight is 340 g/mol. The molecule has 0 saturated heterocycles. The van der Waals surface area contributed by atoms with Crippen molar-refractivity contribution in [3.63, 3.8) is 0 Å². The minimum absolute atomic E-state index is 0.0635. The largest absolute Gasteiger partial charge is 0.481 e. The normalized spacial score (nSPS) is 10.3. The molecule has 1 aromatic heterocycles. The molecular formula is C16H15ClFNO2S. The van der Waals surface area contributed by atoms with Crippen molar-refractivity contribution in [1.29, 1.82) is 0 Å². The number of halogens is 2. The predicted octanol–water partition coefficient (Wildman–Crippen LogP) is 4.13. The van der Waals surface area contributed by atoms with Crippen molar-refractivity contribution in [2.24, 2.45) is 0 Å². The van der Waals surface area contributed by atoms with E-state index in [0.717, 1.165) is 4.88 Å². The van der Waals surface area contributed by atoms with E-state index in [0.29, 0.717) is 17.4 Å². The Kier molecular flexibility index (Phi) is 5.98. The molecule has 116 valence electrons. The zero-order valence-corrected chi connectivity index (χ0v) is 13.4. The molecule has 1 amide bonds. The summed E-state index contributed by atoms with van der Waals surface area (Å²) in [4.78, 5) is 14.8. The van der Waals surface area contributed by atoms with Crippen molar-refractivity contribution in [3.8, 4) is 5.75 Å². The number of hydrogen-bond acceptors (Lipinski definition) is 3. The molecule has 2 aromatic rings. The van der Waals surface area contributed by atoms with Gasteiger partial charge in [-0.1, -0.05) is 29.8 Å². The third-order valence-corrected chi connectivity index (χ3v) is 4.08. The number of thiophene rings is 1. The SMILES string of the molecule is C=CCN(Cc1ccc(Cl)s1)C(=O)COc1ccccc1F. The highest BCUT2D eigenvalue weighted by molar-refractivity contribution is 7.16. The molecule has 0 radical (unpaired) electrons. The first-order valence-corrected chi connectivity index (χ1v) is 7.80. The Morgan fingerprint density at radius 1 is 1.36 bits per heavy atom. The number of carbonyl (C=O) groups is 1. The summed E-state index contributed by atoms with van der Waals surface area (Å²) in [6.45, 7) is 4.22. The molecule has 0 bridgehead atoms. The first-order chi connectivity index (χ1) is 10.6. The Morgan fingerprint density at radius 3 is 2.77 bits per heavy atom. The molecule has 0 N–H and O–H groups in total. The van der Waals surface area contributed by atoms with Gasteiger partial charge in [-0.2, -0.15) is 0 Å². The van der Waals surface area contributed by atoms with E-state index in [2.05, 4.69) is 6.58 Å². The van der Waals surface area contributed by atoms with Gasteiger partial charge in [0, 0.05) is 11.4 Å². The molecule has 0 unspecified atom stereocenters. The van der Waals surface area contributed by atoms with Crippen LogP contribution in [0, 0.1) is 5.82 Å². The molecule has 0 spiro atoms. The lowest BCUT2D eigenvalue weighted by molar-refractivity contribution is -0.133. The second-order valence-electron chi connectivity index (χ2n) is 4.49. The topological polar surface area (TPSA) is 29.5 Å². The molecule has 0 atom stereocenters. The predicted molar refractivity (Wildman–Crippen MR) is 86.8 cm³/mol. The van der Waals surface area contributed by atoms with Crippen LogP contribution in [0.15, 0.2) is 49.1 Å². The summed E-state index contributed by atoms with van der Waals surface area (Å²) >= 11 is 7.30. The van der Waals surface area contributed by atoms with Gasteiger partial charge in [0.2, 0.25) is 0 Å². The molecule has 1 heterocycles. The van der Waals surface area contributed by atoms with E-state index in [1.807, 2.05) is 6.07 Å². The second-order valence-corrected chi connectivity index (χ2v) is 6.29. The number of hydrogen-bond donors (Lipinski definition) is 0. The van der Waals surface area contributed by atoms with Gasteiger partial charge in [-0.15, -0.1) is 17.9 Å². The summed E-state index contributed by atoms with van der Waals surface area (Å²) in [5.41, 5.74) is 0. The van der Waals surface area contributed by atoms with Gasteiger partial charge in [0.05, 0.1) is 10.9 Å². The van der Waals surface area contributed by atoms with Crippen LogP contribution in [0.2, 0.25) is 4.34 Å². The molecule has 0 fully saturated rings. The maximum Gasteiger partial charge on any atom is 0.261 e. The Hall–Kier alpha value is -1.85. The minimum Gasteiger partial charge on any atom is -0.481 e. The molecular weight excluding hydrogens is 325 g/mol. The summed E-state index contributed by atoms with van der Waals surface area (Å²) in [6, 6.07) is 9.64. The van der Waals surface area contributed by atoms with Gasteiger partial charge >= 0.3 is 0 Å². The fraction of sp³-hybridized carbons (Fsp3) is 0.188. The zero-order chi connectivity index (χ0) is 15.9. The van der Waals surface area contributed by atoms with Crippen molar-refractivity contribution in [2.75, 3.05) is 13.2 Å². The Morgan fingerprint density at radius 2 is 2.14 bits per heavy atom. The molecule has 2 rings (SSSR count). The Balaban J connectivity index is 1.97. The van der Waals surface area contributed by atoms with Crippen LogP contribution in [0.3, 0.4) is 0 Å². The smallest absolute Gasteiger partial charge is 0.261 e. The number of ether oxygens (including phenoxy) is 1. The number of benzene rings is 1. The number of para-hydroxylation sites is 1. The molecule has 0 aliphatic heterocycles. The summed E-state index contributed by atoms with van der Waals surface area (Å²) < 4.78 is 19.4. The van der Waals surface area contributed by atoms with Crippen molar-refractivity contribution in [1.82, 2.24) is 4.90 Å². The number of nitrogens with zero attached hydrogens (tertiary/aromatic N) is 1. The van der Waals surface area contributed by atoms with Crippen LogP contribution in [-0.2, 0) is 11.3 Å². The first kappa shape index (κ1) is 16.5. The Bertz CT molecular complexity index is 659. The highest BCUT2D eigenvalue weighted by Gasteiger charge is 2.15. The van der Waals surface area contributed by atoms with Crippen LogP contribution in [0.4, 0.5) is 4.39 Å². The molecule has 0 aliphatic carbocycles. The molecule has 0 aliphatic rings. The van der Waals surface area contributed by atoms with Gasteiger partial charge in [0.15, 0.2) is 18.2 Å². The van der Waals surface area contributed by atoms with Crippen molar-refractivity contribution < 1.29 is 13.9 Å². The van der Waals surface area contributed by atoms with Crippen LogP contribution in [0.5, 0.6) is 5.75 Å². The van der Waals surface area contributed by atoms with Crippen LogP contribution < -0.4 is 4.74 Å². The van der Waals surface area contributed by atoms with Crippen LogP contribution in [-0.4, -0.2) is 24.0 Å². The van der Waals surface area contributed by atoms with Gasteiger partial charge < -0.3 is 9.64 Å². The molecule has 22 heavy (non-hydrogen) atoms. The highest BCUT2D eigenvalue weighted by atomic mass is 35.5. The standard InChI is InChI=1S/C16H15ClFNO2S/c1-2-9-19(10-12-7-8-15(17)22-12)16(20)11-21-14-6-4-3-5-13(14)18/h2-8H,1,9-11H2. The van der Waals surface area contributed by atoms with Crippen molar-refractivity contribution in [3.05, 3.63) is 64.1 Å². The van der Waals surface area contributed by atoms with Crippen molar-refractivity contribution in [2.45, 2.75) is 6.54 Å². The van der Waals surface area contributed by atoms with Gasteiger partial charge in [0.25, 0.3) is 5.91 Å². The number of amides is 1. The fourth-order valence-corrected chi connectivity index (χ4v) is 2.93. The maximum atomic E-state index is 13.5. The average Bonchev–Trinajstić information content (AvgIpc) is 2.91. The quantitative estimate of drug-likeness (QED) is 0.710. The third kappa shape index (κ3) is 4.58. The van der Waals surface area contributed by atoms with E-state index in [4.69, 9.17) is 16.3 Å². The van der Waals surface area contributed by atoms with Crippen LogP contribution >= 0.6 is 22.9 Å². The minimum atomic E-state index is -0.490. The van der Waals surface area contributed by atoms with E-state index < -0.39 is 5.82 Å². The van der Waals surface area contributed by atoms with Gasteiger partial charge in [-0.05, 0) is 24.3 Å². The van der Waals surface area contributed by atoms with E-state index >= 15 is 0 Å². The fourth-order valence-electron chi connectivity index (χ4n) is 1.83.